The molecule has 2 heterocycles. The summed E-state index contributed by atoms with van der Waals surface area (Å²) in [5.41, 5.74) is 1.68. The SMILES string of the molecule is COc1ncnc(OC)c1CNc1cnn(C)c1. The molecule has 18 heavy (non-hydrogen) atoms. The van der Waals surface area contributed by atoms with Crippen LogP contribution in [0.25, 0.3) is 0 Å². The van der Waals surface area contributed by atoms with Crippen molar-refractivity contribution in [3.05, 3.63) is 24.3 Å². The van der Waals surface area contributed by atoms with Gasteiger partial charge in [-0.15, -0.1) is 0 Å². The summed E-state index contributed by atoms with van der Waals surface area (Å²) in [5, 5.41) is 7.28. The van der Waals surface area contributed by atoms with Gasteiger partial charge < -0.3 is 14.8 Å². The highest BCUT2D eigenvalue weighted by Crippen LogP contribution is 2.24. The second-order valence-electron chi connectivity index (χ2n) is 3.63. The van der Waals surface area contributed by atoms with Gasteiger partial charge in [-0.3, -0.25) is 4.68 Å². The number of methoxy groups -OCH3 is 2. The zero-order valence-corrected chi connectivity index (χ0v) is 10.5. The highest BCUT2D eigenvalue weighted by Gasteiger charge is 2.12. The molecule has 2 aromatic rings. The van der Waals surface area contributed by atoms with Crippen molar-refractivity contribution in [1.82, 2.24) is 19.7 Å². The number of hydrogen-bond acceptors (Lipinski definition) is 6. The van der Waals surface area contributed by atoms with E-state index in [4.69, 9.17) is 9.47 Å². The Morgan fingerprint density at radius 1 is 1.22 bits per heavy atom. The summed E-state index contributed by atoms with van der Waals surface area (Å²) in [6.45, 7) is 0.499. The maximum absolute atomic E-state index is 5.19. The first-order valence-electron chi connectivity index (χ1n) is 5.39. The number of aromatic nitrogens is 4. The van der Waals surface area contributed by atoms with E-state index in [1.807, 2.05) is 13.2 Å². The lowest BCUT2D eigenvalue weighted by Gasteiger charge is -2.11. The van der Waals surface area contributed by atoms with E-state index in [-0.39, 0.29) is 0 Å². The molecule has 0 unspecified atom stereocenters. The molecule has 0 radical (unpaired) electrons. The Morgan fingerprint density at radius 3 is 2.39 bits per heavy atom. The van der Waals surface area contributed by atoms with Gasteiger partial charge in [0.25, 0.3) is 0 Å². The number of nitrogens with one attached hydrogen (secondary N) is 1. The number of ether oxygens (including phenoxy) is 2. The van der Waals surface area contributed by atoms with Crippen molar-refractivity contribution in [2.24, 2.45) is 7.05 Å². The van der Waals surface area contributed by atoms with Crippen molar-refractivity contribution in [2.45, 2.75) is 6.54 Å². The Kier molecular flexibility index (Phi) is 3.61. The van der Waals surface area contributed by atoms with Gasteiger partial charge in [0.1, 0.15) is 6.33 Å². The molecule has 0 spiro atoms. The summed E-state index contributed by atoms with van der Waals surface area (Å²) in [6, 6.07) is 0. The molecule has 1 N–H and O–H groups in total. The van der Waals surface area contributed by atoms with Crippen LogP contribution in [0.2, 0.25) is 0 Å². The fraction of sp³-hybridized carbons (Fsp3) is 0.364. The Morgan fingerprint density at radius 2 is 1.89 bits per heavy atom. The van der Waals surface area contributed by atoms with E-state index in [2.05, 4.69) is 20.4 Å². The number of rotatable bonds is 5. The van der Waals surface area contributed by atoms with Crippen LogP contribution in [0.4, 0.5) is 5.69 Å². The van der Waals surface area contributed by atoms with Gasteiger partial charge in [-0.1, -0.05) is 0 Å². The lowest BCUT2D eigenvalue weighted by atomic mass is 10.3. The molecule has 0 aromatic carbocycles. The lowest BCUT2D eigenvalue weighted by Crippen LogP contribution is -2.06. The van der Waals surface area contributed by atoms with Gasteiger partial charge in [0.2, 0.25) is 11.8 Å². The summed E-state index contributed by atoms with van der Waals surface area (Å²) < 4.78 is 12.1. The minimum Gasteiger partial charge on any atom is -0.481 e. The molecule has 0 aliphatic heterocycles. The average molecular weight is 249 g/mol. The summed E-state index contributed by atoms with van der Waals surface area (Å²) in [6.07, 6.45) is 5.02. The highest BCUT2D eigenvalue weighted by molar-refractivity contribution is 5.43. The van der Waals surface area contributed by atoms with Crippen LogP contribution in [-0.4, -0.2) is 34.0 Å². The molecule has 96 valence electrons. The molecule has 2 rings (SSSR count). The molecule has 7 heteroatoms. The molecule has 7 nitrogen and oxygen atoms in total. The van der Waals surface area contributed by atoms with Gasteiger partial charge in [0.05, 0.1) is 38.2 Å². The first-order valence-corrected chi connectivity index (χ1v) is 5.39. The third kappa shape index (κ3) is 2.50. The van der Waals surface area contributed by atoms with Crippen LogP contribution in [0.1, 0.15) is 5.56 Å². The summed E-state index contributed by atoms with van der Waals surface area (Å²) in [5.74, 6) is 0.997. The molecular formula is C11H15N5O2. The largest absolute Gasteiger partial charge is 0.481 e. The second kappa shape index (κ2) is 5.35. The smallest absolute Gasteiger partial charge is 0.225 e. The van der Waals surface area contributed by atoms with Gasteiger partial charge in [0, 0.05) is 13.2 Å². The Bertz CT molecular complexity index is 504. The predicted molar refractivity (Wildman–Crippen MR) is 65.7 cm³/mol. The van der Waals surface area contributed by atoms with Gasteiger partial charge in [0.15, 0.2) is 0 Å². The van der Waals surface area contributed by atoms with Crippen molar-refractivity contribution in [1.29, 1.82) is 0 Å². The topological polar surface area (TPSA) is 74.1 Å². The molecule has 0 atom stereocenters. The number of aryl methyl sites for hydroxylation is 1. The first kappa shape index (κ1) is 12.2. The van der Waals surface area contributed by atoms with Crippen molar-refractivity contribution in [2.75, 3.05) is 19.5 Å². The maximum Gasteiger partial charge on any atom is 0.225 e. The van der Waals surface area contributed by atoms with E-state index in [9.17, 15) is 0 Å². The Labute approximate surface area is 105 Å². The van der Waals surface area contributed by atoms with Crippen molar-refractivity contribution >= 4 is 5.69 Å². The predicted octanol–water partition coefficient (Wildman–Crippen LogP) is 0.839. The summed E-state index contributed by atoms with van der Waals surface area (Å²) >= 11 is 0. The third-order valence-electron chi connectivity index (χ3n) is 2.43. The summed E-state index contributed by atoms with van der Waals surface area (Å²) in [7, 11) is 4.99. The van der Waals surface area contributed by atoms with Gasteiger partial charge in [-0.25, -0.2) is 9.97 Å². The quantitative estimate of drug-likeness (QED) is 0.846. The van der Waals surface area contributed by atoms with Crippen molar-refractivity contribution in [3.8, 4) is 11.8 Å². The first-order chi connectivity index (χ1) is 8.74. The molecule has 0 fully saturated rings. The zero-order valence-electron chi connectivity index (χ0n) is 10.5. The van der Waals surface area contributed by atoms with Crippen LogP contribution in [0.3, 0.4) is 0 Å². The third-order valence-corrected chi connectivity index (χ3v) is 2.43. The van der Waals surface area contributed by atoms with E-state index >= 15 is 0 Å². The molecule has 0 amide bonds. The van der Waals surface area contributed by atoms with Crippen LogP contribution < -0.4 is 14.8 Å². The number of nitrogens with zero attached hydrogens (tertiary/aromatic N) is 4. The van der Waals surface area contributed by atoms with Gasteiger partial charge in [-0.05, 0) is 0 Å². The molecule has 2 aromatic heterocycles. The molecule has 0 aliphatic carbocycles. The minimum atomic E-state index is 0.498. The van der Waals surface area contributed by atoms with Crippen molar-refractivity contribution in [3.63, 3.8) is 0 Å². The molecular weight excluding hydrogens is 234 g/mol. The van der Waals surface area contributed by atoms with Crippen LogP contribution in [0.5, 0.6) is 11.8 Å². The lowest BCUT2D eigenvalue weighted by molar-refractivity contribution is 0.363. The highest BCUT2D eigenvalue weighted by atomic mass is 16.5. The summed E-state index contributed by atoms with van der Waals surface area (Å²) in [4.78, 5) is 8.10. The van der Waals surface area contributed by atoms with Crippen LogP contribution >= 0.6 is 0 Å². The molecule has 0 bridgehead atoms. The fourth-order valence-electron chi connectivity index (χ4n) is 1.59. The van der Waals surface area contributed by atoms with Gasteiger partial charge in [-0.2, -0.15) is 5.10 Å². The molecule has 0 saturated carbocycles. The van der Waals surface area contributed by atoms with Crippen molar-refractivity contribution < 1.29 is 9.47 Å². The molecule has 0 saturated heterocycles. The van der Waals surface area contributed by atoms with Gasteiger partial charge >= 0.3 is 0 Å². The normalized spacial score (nSPS) is 10.2. The number of anilines is 1. The standard InChI is InChI=1S/C11H15N5O2/c1-16-6-8(4-15-16)12-5-9-10(17-2)13-7-14-11(9)18-3/h4,6-7,12H,5H2,1-3H3. The Balaban J connectivity index is 2.17. The van der Waals surface area contributed by atoms with E-state index < -0.39 is 0 Å². The number of hydrogen-bond donors (Lipinski definition) is 1. The Hall–Kier alpha value is -2.31. The van der Waals surface area contributed by atoms with E-state index in [1.165, 1.54) is 6.33 Å². The van der Waals surface area contributed by atoms with E-state index in [0.717, 1.165) is 11.3 Å². The zero-order chi connectivity index (χ0) is 13.0. The monoisotopic (exact) mass is 249 g/mol. The fourth-order valence-corrected chi connectivity index (χ4v) is 1.59. The average Bonchev–Trinajstić information content (AvgIpc) is 2.81. The molecule has 0 aliphatic rings. The van der Waals surface area contributed by atoms with E-state index in [0.29, 0.717) is 18.3 Å². The van der Waals surface area contributed by atoms with E-state index in [1.54, 1.807) is 25.1 Å². The minimum absolute atomic E-state index is 0.498. The van der Waals surface area contributed by atoms with Crippen LogP contribution in [-0.2, 0) is 13.6 Å². The van der Waals surface area contributed by atoms with Crippen LogP contribution in [0.15, 0.2) is 18.7 Å². The van der Waals surface area contributed by atoms with Crippen LogP contribution in [0, 0.1) is 0 Å². The maximum atomic E-state index is 5.19. The second-order valence-corrected chi connectivity index (χ2v) is 3.63.